The minimum Gasteiger partial charge on any atom is -0.466 e. The average molecular weight is 238 g/mol. The highest BCUT2D eigenvalue weighted by molar-refractivity contribution is 5.69. The van der Waals surface area contributed by atoms with E-state index in [4.69, 9.17) is 4.74 Å². The molecule has 0 bridgehead atoms. The van der Waals surface area contributed by atoms with Crippen LogP contribution < -0.4 is 0 Å². The minimum atomic E-state index is -0.0151. The maximum atomic E-state index is 11.3. The van der Waals surface area contributed by atoms with Crippen LogP contribution in [0.2, 0.25) is 0 Å². The maximum absolute atomic E-state index is 11.3. The van der Waals surface area contributed by atoms with E-state index in [-0.39, 0.29) is 5.97 Å². The van der Waals surface area contributed by atoms with Gasteiger partial charge in [-0.3, -0.25) is 4.79 Å². The summed E-state index contributed by atoms with van der Waals surface area (Å²) in [6.45, 7) is 4.70. The third-order valence-corrected chi connectivity index (χ3v) is 3.35. The Kier molecular flexibility index (Phi) is 7.78. The summed E-state index contributed by atoms with van der Waals surface area (Å²) in [4.78, 5) is 11.3. The molecule has 0 aromatic rings. The summed E-state index contributed by atoms with van der Waals surface area (Å²) in [6.07, 6.45) is 12.3. The van der Waals surface area contributed by atoms with Gasteiger partial charge in [0.05, 0.1) is 6.61 Å². The molecule has 2 heteroatoms. The number of carbonyl (C=O) groups excluding carboxylic acids is 1. The lowest BCUT2D eigenvalue weighted by molar-refractivity contribution is -0.143. The Morgan fingerprint density at radius 2 is 1.29 bits per heavy atom. The highest BCUT2D eigenvalue weighted by Gasteiger charge is 2.03. The molecule has 1 fully saturated rings. The van der Waals surface area contributed by atoms with E-state index in [9.17, 15) is 4.79 Å². The Hall–Kier alpha value is -0.790. The molecular weight excluding hydrogens is 212 g/mol. The van der Waals surface area contributed by atoms with Crippen LogP contribution in [0.4, 0.5) is 0 Å². The standard InChI is InChI=1S/C15H26O2/c1-14-10-6-4-2-3-5-7-12-15(16)17-13-9-8-11-14/h1-13H2. The second kappa shape index (κ2) is 9.26. The third-order valence-electron chi connectivity index (χ3n) is 3.35. The van der Waals surface area contributed by atoms with E-state index in [0.29, 0.717) is 13.0 Å². The molecular formula is C15H26O2. The molecule has 0 aromatic carbocycles. The monoisotopic (exact) mass is 238 g/mol. The Morgan fingerprint density at radius 1 is 0.765 bits per heavy atom. The van der Waals surface area contributed by atoms with Crippen molar-refractivity contribution in [3.8, 4) is 0 Å². The summed E-state index contributed by atoms with van der Waals surface area (Å²) >= 11 is 0. The quantitative estimate of drug-likeness (QED) is 0.462. The number of esters is 1. The number of carbonyl (C=O) groups is 1. The molecule has 0 atom stereocenters. The molecule has 1 rings (SSSR count). The van der Waals surface area contributed by atoms with Gasteiger partial charge in [-0.2, -0.15) is 0 Å². The summed E-state index contributed by atoms with van der Waals surface area (Å²) in [7, 11) is 0. The van der Waals surface area contributed by atoms with E-state index in [1.54, 1.807) is 0 Å². The predicted molar refractivity (Wildman–Crippen MR) is 70.9 cm³/mol. The SMILES string of the molecule is C=C1CCCCCCCCC(=O)OCCCC1. The molecule has 0 aliphatic carbocycles. The third kappa shape index (κ3) is 8.00. The molecule has 0 amide bonds. The zero-order valence-corrected chi connectivity index (χ0v) is 11.0. The largest absolute Gasteiger partial charge is 0.466 e. The van der Waals surface area contributed by atoms with Gasteiger partial charge in [-0.15, -0.1) is 0 Å². The van der Waals surface area contributed by atoms with Crippen molar-refractivity contribution in [3.05, 3.63) is 12.2 Å². The topological polar surface area (TPSA) is 26.3 Å². The van der Waals surface area contributed by atoms with Crippen molar-refractivity contribution in [2.45, 2.75) is 70.6 Å². The second-order valence-corrected chi connectivity index (χ2v) is 5.05. The van der Waals surface area contributed by atoms with E-state index in [1.807, 2.05) is 0 Å². The van der Waals surface area contributed by atoms with Crippen molar-refractivity contribution in [3.63, 3.8) is 0 Å². The zero-order valence-electron chi connectivity index (χ0n) is 11.0. The van der Waals surface area contributed by atoms with Crippen molar-refractivity contribution in [2.75, 3.05) is 6.61 Å². The number of allylic oxidation sites excluding steroid dienone is 1. The minimum absolute atomic E-state index is 0.0151. The first-order chi connectivity index (χ1) is 8.29. The van der Waals surface area contributed by atoms with Gasteiger partial charge in [-0.05, 0) is 38.5 Å². The van der Waals surface area contributed by atoms with Gasteiger partial charge in [0, 0.05) is 6.42 Å². The van der Waals surface area contributed by atoms with Crippen LogP contribution in [0.3, 0.4) is 0 Å². The average Bonchev–Trinajstić information content (AvgIpc) is 2.31. The van der Waals surface area contributed by atoms with Crippen LogP contribution in [0.25, 0.3) is 0 Å². The lowest BCUT2D eigenvalue weighted by Crippen LogP contribution is -2.05. The highest BCUT2D eigenvalue weighted by Crippen LogP contribution is 2.16. The first kappa shape index (κ1) is 14.3. The molecule has 2 nitrogen and oxygen atoms in total. The summed E-state index contributed by atoms with van der Waals surface area (Å²) < 4.78 is 5.18. The molecule has 0 spiro atoms. The molecule has 0 radical (unpaired) electrons. The van der Waals surface area contributed by atoms with Crippen LogP contribution in [0, 0.1) is 0 Å². The molecule has 17 heavy (non-hydrogen) atoms. The van der Waals surface area contributed by atoms with Gasteiger partial charge in [0.1, 0.15) is 0 Å². The summed E-state index contributed by atoms with van der Waals surface area (Å²) in [5, 5.41) is 0. The van der Waals surface area contributed by atoms with Gasteiger partial charge in [0.25, 0.3) is 0 Å². The van der Waals surface area contributed by atoms with Crippen LogP contribution in [-0.4, -0.2) is 12.6 Å². The summed E-state index contributed by atoms with van der Waals surface area (Å²) in [5.41, 5.74) is 1.37. The molecule has 98 valence electrons. The van der Waals surface area contributed by atoms with Crippen molar-refractivity contribution < 1.29 is 9.53 Å². The molecule has 1 aliphatic heterocycles. The fourth-order valence-electron chi connectivity index (χ4n) is 2.21. The lowest BCUT2D eigenvalue weighted by atomic mass is 10.0. The molecule has 1 saturated heterocycles. The van der Waals surface area contributed by atoms with Gasteiger partial charge >= 0.3 is 5.97 Å². The Balaban J connectivity index is 2.23. The Bertz CT molecular complexity index is 209. The van der Waals surface area contributed by atoms with Crippen LogP contribution in [-0.2, 0) is 9.53 Å². The molecule has 0 N–H and O–H groups in total. The Labute approximate surface area is 105 Å². The van der Waals surface area contributed by atoms with Gasteiger partial charge in [-0.1, -0.05) is 37.8 Å². The molecule has 0 saturated carbocycles. The van der Waals surface area contributed by atoms with Crippen molar-refractivity contribution in [1.29, 1.82) is 0 Å². The molecule has 0 unspecified atom stereocenters. The smallest absolute Gasteiger partial charge is 0.305 e. The number of hydrogen-bond acceptors (Lipinski definition) is 2. The number of cyclic esters (lactones) is 1. The first-order valence-electron chi connectivity index (χ1n) is 7.11. The van der Waals surface area contributed by atoms with Crippen LogP contribution in [0.1, 0.15) is 70.6 Å². The normalized spacial score (nSPS) is 22.4. The Morgan fingerprint density at radius 3 is 2.00 bits per heavy atom. The summed E-state index contributed by atoms with van der Waals surface area (Å²) in [6, 6.07) is 0. The number of rotatable bonds is 0. The van der Waals surface area contributed by atoms with Crippen molar-refractivity contribution in [1.82, 2.24) is 0 Å². The van der Waals surface area contributed by atoms with Gasteiger partial charge in [-0.25, -0.2) is 0 Å². The zero-order chi connectivity index (χ0) is 12.3. The van der Waals surface area contributed by atoms with E-state index in [1.165, 1.54) is 37.7 Å². The lowest BCUT2D eigenvalue weighted by Gasteiger charge is -2.05. The molecule has 1 heterocycles. The van der Waals surface area contributed by atoms with Crippen LogP contribution >= 0.6 is 0 Å². The number of hydrogen-bond donors (Lipinski definition) is 0. The summed E-state index contributed by atoms with van der Waals surface area (Å²) in [5.74, 6) is -0.0151. The molecule has 0 aromatic heterocycles. The fourth-order valence-corrected chi connectivity index (χ4v) is 2.21. The van der Waals surface area contributed by atoms with Crippen molar-refractivity contribution >= 4 is 5.97 Å². The van der Waals surface area contributed by atoms with Gasteiger partial charge in [0.2, 0.25) is 0 Å². The van der Waals surface area contributed by atoms with E-state index in [0.717, 1.165) is 32.1 Å². The maximum Gasteiger partial charge on any atom is 0.305 e. The van der Waals surface area contributed by atoms with Crippen LogP contribution in [0.5, 0.6) is 0 Å². The highest BCUT2D eigenvalue weighted by atomic mass is 16.5. The van der Waals surface area contributed by atoms with Crippen LogP contribution in [0.15, 0.2) is 12.2 Å². The first-order valence-corrected chi connectivity index (χ1v) is 7.11. The van der Waals surface area contributed by atoms with Gasteiger partial charge < -0.3 is 4.74 Å². The van der Waals surface area contributed by atoms with E-state index >= 15 is 0 Å². The fraction of sp³-hybridized carbons (Fsp3) is 0.800. The predicted octanol–water partition coefficient (Wildman–Crippen LogP) is 4.39. The van der Waals surface area contributed by atoms with E-state index < -0.39 is 0 Å². The van der Waals surface area contributed by atoms with Crippen molar-refractivity contribution in [2.24, 2.45) is 0 Å². The van der Waals surface area contributed by atoms with E-state index in [2.05, 4.69) is 6.58 Å². The second-order valence-electron chi connectivity index (χ2n) is 5.05. The van der Waals surface area contributed by atoms with Gasteiger partial charge in [0.15, 0.2) is 0 Å². The molecule has 1 aliphatic rings. The number of ether oxygens (including phenoxy) is 1.